The zero-order chi connectivity index (χ0) is 17.7. The van der Waals surface area contributed by atoms with Crippen molar-refractivity contribution < 1.29 is 24.2 Å². The van der Waals surface area contributed by atoms with E-state index in [1.165, 1.54) is 13.2 Å². The number of aliphatic hydroxyl groups excluding tert-OH is 1. The molecule has 1 saturated heterocycles. The van der Waals surface area contributed by atoms with Gasteiger partial charge in [0.25, 0.3) is 11.5 Å². The first-order valence-electron chi connectivity index (χ1n) is 7.59. The third-order valence-electron chi connectivity index (χ3n) is 4.29. The number of benzene rings is 1. The van der Waals surface area contributed by atoms with Crippen molar-refractivity contribution in [1.29, 1.82) is 0 Å². The van der Waals surface area contributed by atoms with Crippen LogP contribution in [0.1, 0.15) is 10.4 Å². The van der Waals surface area contributed by atoms with Crippen molar-refractivity contribution in [3.63, 3.8) is 0 Å². The number of rotatable bonds is 3. The fraction of sp³-hybridized carbons (Fsp3) is 0.235. The van der Waals surface area contributed by atoms with Gasteiger partial charge in [0.15, 0.2) is 5.78 Å². The molecule has 1 aromatic carbocycles. The van der Waals surface area contributed by atoms with Gasteiger partial charge in [-0.15, -0.1) is 0 Å². The molecule has 8 heteroatoms. The summed E-state index contributed by atoms with van der Waals surface area (Å²) in [5, 5.41) is 13.1. The van der Waals surface area contributed by atoms with Gasteiger partial charge in [-0.25, -0.2) is 0 Å². The molecule has 3 N–H and O–H groups in total. The lowest BCUT2D eigenvalue weighted by atomic mass is 10.0. The van der Waals surface area contributed by atoms with Crippen molar-refractivity contribution in [2.45, 2.75) is 18.3 Å². The van der Waals surface area contributed by atoms with E-state index in [-0.39, 0.29) is 17.0 Å². The zero-order valence-electron chi connectivity index (χ0n) is 13.1. The fourth-order valence-electron chi connectivity index (χ4n) is 2.88. The summed E-state index contributed by atoms with van der Waals surface area (Å²) in [7, 11) is 1.52. The van der Waals surface area contributed by atoms with Crippen molar-refractivity contribution in [2.75, 3.05) is 7.11 Å². The van der Waals surface area contributed by atoms with E-state index >= 15 is 0 Å². The van der Waals surface area contributed by atoms with Crippen LogP contribution in [0.3, 0.4) is 0 Å². The minimum atomic E-state index is -1.11. The molecule has 1 amide bonds. The molecule has 1 aliphatic heterocycles. The summed E-state index contributed by atoms with van der Waals surface area (Å²) >= 11 is 0. The van der Waals surface area contributed by atoms with Crippen molar-refractivity contribution >= 4 is 22.6 Å². The molecule has 0 bridgehead atoms. The number of epoxide rings is 1. The van der Waals surface area contributed by atoms with Crippen molar-refractivity contribution in [3.8, 4) is 5.75 Å². The van der Waals surface area contributed by atoms with Gasteiger partial charge in [-0.3, -0.25) is 14.4 Å². The van der Waals surface area contributed by atoms with Crippen LogP contribution in [0.15, 0.2) is 40.8 Å². The largest absolute Gasteiger partial charge is 0.497 e. The van der Waals surface area contributed by atoms with E-state index < -0.39 is 29.8 Å². The number of methoxy groups -OCH3 is 1. The van der Waals surface area contributed by atoms with E-state index in [9.17, 15) is 19.5 Å². The van der Waals surface area contributed by atoms with Crippen LogP contribution in [0, 0.1) is 0 Å². The number of carbonyl (C=O) groups excluding carboxylic acids is 2. The van der Waals surface area contributed by atoms with Gasteiger partial charge in [-0.1, -0.05) is 0 Å². The number of amides is 1. The monoisotopic (exact) mass is 342 g/mol. The van der Waals surface area contributed by atoms with Gasteiger partial charge in [-0.05, 0) is 24.3 Å². The molecule has 2 aliphatic rings. The fourth-order valence-corrected chi connectivity index (χ4v) is 2.88. The summed E-state index contributed by atoms with van der Waals surface area (Å²) in [6.45, 7) is 0. The molecule has 3 unspecified atom stereocenters. The molecule has 1 aromatic heterocycles. The van der Waals surface area contributed by atoms with Crippen LogP contribution in [-0.4, -0.2) is 47.2 Å². The van der Waals surface area contributed by atoms with Gasteiger partial charge in [-0.2, -0.15) is 0 Å². The summed E-state index contributed by atoms with van der Waals surface area (Å²) < 4.78 is 10.2. The van der Waals surface area contributed by atoms with Gasteiger partial charge >= 0.3 is 0 Å². The number of hydrogen-bond acceptors (Lipinski definition) is 6. The topological polar surface area (TPSA) is 121 Å². The van der Waals surface area contributed by atoms with E-state index in [1.54, 1.807) is 18.2 Å². The van der Waals surface area contributed by atoms with Crippen LogP contribution in [0.25, 0.3) is 10.9 Å². The summed E-state index contributed by atoms with van der Waals surface area (Å²) in [5.74, 6) is -0.454. The highest BCUT2D eigenvalue weighted by Gasteiger charge is 2.53. The second kappa shape index (κ2) is 5.54. The second-order valence-corrected chi connectivity index (χ2v) is 5.89. The molecule has 1 fully saturated rings. The van der Waals surface area contributed by atoms with Crippen LogP contribution in [-0.2, 0) is 9.53 Å². The summed E-state index contributed by atoms with van der Waals surface area (Å²) in [6, 6.07) is 6.48. The smallest absolute Gasteiger partial charge is 0.261 e. The lowest BCUT2D eigenvalue weighted by Gasteiger charge is -2.16. The average molecular weight is 342 g/mol. The lowest BCUT2D eigenvalue weighted by Crippen LogP contribution is -2.39. The predicted molar refractivity (Wildman–Crippen MR) is 86.3 cm³/mol. The Morgan fingerprint density at radius 3 is 2.88 bits per heavy atom. The number of aliphatic hydroxyl groups is 1. The quantitative estimate of drug-likeness (QED) is 0.668. The van der Waals surface area contributed by atoms with Gasteiger partial charge in [0.05, 0.1) is 12.8 Å². The first kappa shape index (κ1) is 15.6. The number of nitrogens with one attached hydrogen (secondary N) is 2. The minimum absolute atomic E-state index is 0.0267. The molecule has 0 spiro atoms. The Hall–Kier alpha value is -2.97. The maximum atomic E-state index is 12.4. The minimum Gasteiger partial charge on any atom is -0.497 e. The predicted octanol–water partition coefficient (Wildman–Crippen LogP) is -0.139. The Labute approximate surface area is 141 Å². The van der Waals surface area contributed by atoms with E-state index in [4.69, 9.17) is 9.47 Å². The maximum Gasteiger partial charge on any atom is 0.261 e. The number of carbonyl (C=O) groups is 2. The van der Waals surface area contributed by atoms with Crippen LogP contribution < -0.4 is 15.6 Å². The van der Waals surface area contributed by atoms with Crippen LogP contribution in [0.2, 0.25) is 0 Å². The molecule has 4 rings (SSSR count). The third-order valence-corrected chi connectivity index (χ3v) is 4.29. The third kappa shape index (κ3) is 2.61. The molecule has 25 heavy (non-hydrogen) atoms. The molecular weight excluding hydrogens is 328 g/mol. The molecule has 3 atom stereocenters. The number of H-pyrrole nitrogens is 1. The lowest BCUT2D eigenvalue weighted by molar-refractivity contribution is -0.116. The summed E-state index contributed by atoms with van der Waals surface area (Å²) in [4.78, 5) is 38.9. The zero-order valence-corrected chi connectivity index (χ0v) is 13.1. The summed E-state index contributed by atoms with van der Waals surface area (Å²) in [6.07, 6.45) is -1.24. The Balaban J connectivity index is 1.66. The SMILES string of the molecule is COc1ccc2[nH]c(=O)c(C(=O)NC3=CC(=O)C4OC4C3O)cc2c1. The van der Waals surface area contributed by atoms with Gasteiger partial charge in [0.1, 0.15) is 29.6 Å². The Morgan fingerprint density at radius 2 is 2.12 bits per heavy atom. The van der Waals surface area contributed by atoms with E-state index in [0.29, 0.717) is 16.7 Å². The number of aromatic amines is 1. The second-order valence-electron chi connectivity index (χ2n) is 5.89. The number of ketones is 1. The number of aromatic nitrogens is 1. The van der Waals surface area contributed by atoms with Gasteiger partial charge in [0.2, 0.25) is 0 Å². The highest BCUT2D eigenvalue weighted by atomic mass is 16.6. The molecular formula is C17H14N2O6. The van der Waals surface area contributed by atoms with E-state index in [1.807, 2.05) is 0 Å². The standard InChI is InChI=1S/C17H14N2O6/c1-24-8-2-3-10-7(4-8)5-9(16(22)18-10)17(23)19-11-6-12(20)14-15(25-14)13(11)21/h2-6,13-15,21H,1H3,(H,18,22)(H,19,23). The van der Waals surface area contributed by atoms with Crippen molar-refractivity contribution in [2.24, 2.45) is 0 Å². The van der Waals surface area contributed by atoms with Gasteiger partial charge in [0, 0.05) is 17.0 Å². The molecule has 8 nitrogen and oxygen atoms in total. The van der Waals surface area contributed by atoms with Gasteiger partial charge < -0.3 is 24.9 Å². The van der Waals surface area contributed by atoms with Crippen molar-refractivity contribution in [1.82, 2.24) is 10.3 Å². The Kier molecular flexibility index (Phi) is 3.45. The Bertz CT molecular complexity index is 992. The number of ether oxygens (including phenoxy) is 2. The number of hydrogen-bond donors (Lipinski definition) is 3. The number of pyridine rings is 1. The Morgan fingerprint density at radius 1 is 1.32 bits per heavy atom. The van der Waals surface area contributed by atoms with Crippen LogP contribution >= 0.6 is 0 Å². The molecule has 0 saturated carbocycles. The molecule has 1 aliphatic carbocycles. The number of fused-ring (bicyclic) bond motifs is 2. The molecule has 2 heterocycles. The summed E-state index contributed by atoms with van der Waals surface area (Å²) in [5.41, 5.74) is -0.129. The first-order valence-corrected chi connectivity index (χ1v) is 7.59. The van der Waals surface area contributed by atoms with Crippen LogP contribution in [0.5, 0.6) is 5.75 Å². The van der Waals surface area contributed by atoms with E-state index in [2.05, 4.69) is 10.3 Å². The molecule has 0 radical (unpaired) electrons. The first-order chi connectivity index (χ1) is 12.0. The van der Waals surface area contributed by atoms with Crippen molar-refractivity contribution in [3.05, 3.63) is 52.0 Å². The maximum absolute atomic E-state index is 12.4. The molecule has 128 valence electrons. The highest BCUT2D eigenvalue weighted by Crippen LogP contribution is 2.33. The average Bonchev–Trinajstić information content (AvgIpc) is 3.40. The highest BCUT2D eigenvalue weighted by molar-refractivity contribution is 6.01. The van der Waals surface area contributed by atoms with Crippen LogP contribution in [0.4, 0.5) is 0 Å². The van der Waals surface area contributed by atoms with E-state index in [0.717, 1.165) is 6.08 Å². The normalized spacial score (nSPS) is 24.5. The molecule has 2 aromatic rings.